The van der Waals surface area contributed by atoms with Crippen LogP contribution in [0.4, 0.5) is 0 Å². The van der Waals surface area contributed by atoms with E-state index in [1.165, 1.54) is 59.1 Å². The van der Waals surface area contributed by atoms with Crippen molar-refractivity contribution in [3.63, 3.8) is 0 Å². The van der Waals surface area contributed by atoms with Gasteiger partial charge in [0.05, 0.1) is 33.3 Å². The van der Waals surface area contributed by atoms with Crippen LogP contribution in [0.2, 0.25) is 0 Å². The van der Waals surface area contributed by atoms with Crippen LogP contribution in [-0.2, 0) is 0 Å². The highest BCUT2D eigenvalue weighted by atomic mass is 32.2. The lowest BCUT2D eigenvalue weighted by Gasteiger charge is -2.21. The van der Waals surface area contributed by atoms with Crippen molar-refractivity contribution in [3.05, 3.63) is 206 Å². The van der Waals surface area contributed by atoms with Gasteiger partial charge in [-0.15, -0.1) is 0 Å². The summed E-state index contributed by atoms with van der Waals surface area (Å²) in [6.45, 7) is 0. The Labute approximate surface area is 356 Å². The summed E-state index contributed by atoms with van der Waals surface area (Å²) in [6.07, 6.45) is 0. The number of benzene rings is 9. The van der Waals surface area contributed by atoms with Crippen LogP contribution in [0.25, 0.3) is 111 Å². The Hall–Kier alpha value is -7.73. The van der Waals surface area contributed by atoms with Gasteiger partial charge in [0.15, 0.2) is 0 Å². The smallest absolute Gasteiger partial charge is 0.235 e. The van der Waals surface area contributed by atoms with Gasteiger partial charge in [0.25, 0.3) is 0 Å². The molecule has 0 radical (unpaired) electrons. The van der Waals surface area contributed by atoms with Gasteiger partial charge in [-0.25, -0.2) is 9.97 Å². The molecule has 0 spiro atoms. The first-order valence-electron chi connectivity index (χ1n) is 20.7. The van der Waals surface area contributed by atoms with Crippen molar-refractivity contribution in [2.24, 2.45) is 0 Å². The maximum Gasteiger partial charge on any atom is 0.235 e. The zero-order valence-electron chi connectivity index (χ0n) is 32.8. The molecule has 12 aromatic rings. The summed E-state index contributed by atoms with van der Waals surface area (Å²) in [5.41, 5.74) is 15.7. The average Bonchev–Trinajstić information content (AvgIpc) is 3.84. The van der Waals surface area contributed by atoms with Crippen molar-refractivity contribution in [2.75, 3.05) is 0 Å². The quantitative estimate of drug-likeness (QED) is 0.174. The third kappa shape index (κ3) is 5.27. The van der Waals surface area contributed by atoms with E-state index >= 15 is 0 Å². The third-order valence-electron chi connectivity index (χ3n) is 12.3. The molecule has 4 heterocycles. The molecule has 4 nitrogen and oxygen atoms in total. The zero-order valence-corrected chi connectivity index (χ0v) is 33.6. The first-order valence-corrected chi connectivity index (χ1v) is 21.5. The normalized spacial score (nSPS) is 12.2. The number of rotatable bonds is 5. The molecule has 1 aliphatic rings. The number of nitrogens with zero attached hydrogens (tertiary/aromatic N) is 4. The minimum Gasteiger partial charge on any atom is -0.309 e. The van der Waals surface area contributed by atoms with E-state index in [1.807, 2.05) is 0 Å². The molecule has 284 valence electrons. The second-order valence-electron chi connectivity index (χ2n) is 15.8. The summed E-state index contributed by atoms with van der Waals surface area (Å²) in [6, 6.07) is 74.3. The van der Waals surface area contributed by atoms with Crippen LogP contribution in [0.3, 0.4) is 0 Å². The van der Waals surface area contributed by atoms with Crippen LogP contribution in [0.1, 0.15) is 0 Å². The fourth-order valence-electron chi connectivity index (χ4n) is 9.55. The first-order chi connectivity index (χ1) is 30.2. The van der Waals surface area contributed by atoms with Crippen LogP contribution in [-0.4, -0.2) is 19.1 Å². The second-order valence-corrected chi connectivity index (χ2v) is 16.8. The monoisotopic (exact) mass is 794 g/mol. The Balaban J connectivity index is 0.997. The lowest BCUT2D eigenvalue weighted by atomic mass is 9.99. The largest absolute Gasteiger partial charge is 0.309 e. The highest BCUT2D eigenvalue weighted by molar-refractivity contribution is 7.99. The molecule has 0 saturated carbocycles. The predicted molar refractivity (Wildman–Crippen MR) is 254 cm³/mol. The fraction of sp³-hybridized carbons (Fsp3) is 0. The zero-order chi connectivity index (χ0) is 40.0. The van der Waals surface area contributed by atoms with Crippen molar-refractivity contribution in [1.82, 2.24) is 19.1 Å². The first kappa shape index (κ1) is 34.2. The van der Waals surface area contributed by atoms with Gasteiger partial charge in [-0.2, -0.15) is 0 Å². The molecular weight excluding hydrogens is 761 g/mol. The Morgan fingerprint density at radius 2 is 0.918 bits per heavy atom. The molecular formula is C56H34N4S. The predicted octanol–water partition coefficient (Wildman–Crippen LogP) is 15.0. The Bertz CT molecular complexity index is 3730. The summed E-state index contributed by atoms with van der Waals surface area (Å²) < 4.78 is 4.66. The van der Waals surface area contributed by atoms with E-state index in [2.05, 4.69) is 215 Å². The maximum absolute atomic E-state index is 5.50. The number of aromatic nitrogens is 4. The van der Waals surface area contributed by atoms with Gasteiger partial charge < -0.3 is 4.57 Å². The Morgan fingerprint density at radius 3 is 1.66 bits per heavy atom. The molecule has 9 aromatic carbocycles. The Kier molecular flexibility index (Phi) is 7.50. The fourth-order valence-corrected chi connectivity index (χ4v) is 10.6. The molecule has 0 bridgehead atoms. The topological polar surface area (TPSA) is 35.6 Å². The molecule has 5 heteroatoms. The van der Waals surface area contributed by atoms with Crippen LogP contribution in [0.5, 0.6) is 0 Å². The molecule has 0 unspecified atom stereocenters. The van der Waals surface area contributed by atoms with E-state index in [4.69, 9.17) is 9.97 Å². The van der Waals surface area contributed by atoms with Gasteiger partial charge in [0.2, 0.25) is 5.95 Å². The highest BCUT2D eigenvalue weighted by Crippen LogP contribution is 2.49. The van der Waals surface area contributed by atoms with E-state index in [0.29, 0.717) is 5.95 Å². The maximum atomic E-state index is 5.50. The van der Waals surface area contributed by atoms with Crippen LogP contribution in [0.15, 0.2) is 216 Å². The number of hydrogen-bond donors (Lipinski definition) is 0. The van der Waals surface area contributed by atoms with E-state index in [9.17, 15) is 0 Å². The van der Waals surface area contributed by atoms with E-state index in [1.54, 1.807) is 11.8 Å². The van der Waals surface area contributed by atoms with Crippen LogP contribution >= 0.6 is 11.8 Å². The van der Waals surface area contributed by atoms with Gasteiger partial charge in [-0.3, -0.25) is 4.57 Å². The minimum atomic E-state index is 0.669. The van der Waals surface area contributed by atoms with Gasteiger partial charge in [-0.1, -0.05) is 157 Å². The second kappa shape index (κ2) is 13.4. The molecule has 0 fully saturated rings. The molecule has 0 amide bonds. The van der Waals surface area contributed by atoms with Gasteiger partial charge in [-0.05, 0) is 88.5 Å². The van der Waals surface area contributed by atoms with Crippen molar-refractivity contribution in [1.29, 1.82) is 0 Å². The van der Waals surface area contributed by atoms with E-state index < -0.39 is 0 Å². The van der Waals surface area contributed by atoms with Crippen molar-refractivity contribution in [3.8, 4) is 56.3 Å². The molecule has 0 atom stereocenters. The van der Waals surface area contributed by atoms with Crippen LogP contribution < -0.4 is 0 Å². The molecule has 61 heavy (non-hydrogen) atoms. The summed E-state index contributed by atoms with van der Waals surface area (Å²) >= 11 is 1.80. The summed E-state index contributed by atoms with van der Waals surface area (Å²) in [5.74, 6) is 0.669. The van der Waals surface area contributed by atoms with Crippen LogP contribution in [0, 0.1) is 0 Å². The molecule has 0 saturated heterocycles. The summed E-state index contributed by atoms with van der Waals surface area (Å²) in [5, 5.41) is 5.90. The van der Waals surface area contributed by atoms with Crippen molar-refractivity contribution >= 4 is 66.3 Å². The molecule has 0 N–H and O–H groups in total. The molecule has 13 rings (SSSR count). The number of para-hydroxylation sites is 2. The summed E-state index contributed by atoms with van der Waals surface area (Å²) in [7, 11) is 0. The standard InChI is InChI=1S/C56H34N4S/c1-3-14-35(15-4-1)37-18-13-19-40(32-37)59-47-23-10-7-20-42(47)45-33-38(26-29-49(45)59)39-27-30-50-46(34-39)43-21-8-11-24-48(43)60(50)56-57-54-41(36-16-5-2-6-17-36)28-31-52-53(54)55(58-56)44-22-9-12-25-51(44)61-52/h1-34H. The summed E-state index contributed by atoms with van der Waals surface area (Å²) in [4.78, 5) is 13.4. The molecule has 3 aromatic heterocycles. The number of hydrogen-bond acceptors (Lipinski definition) is 3. The molecule has 0 aliphatic carbocycles. The highest BCUT2D eigenvalue weighted by Gasteiger charge is 2.26. The lowest BCUT2D eigenvalue weighted by molar-refractivity contribution is 1.01. The van der Waals surface area contributed by atoms with Gasteiger partial charge in [0.1, 0.15) is 0 Å². The van der Waals surface area contributed by atoms with E-state index in [-0.39, 0.29) is 0 Å². The minimum absolute atomic E-state index is 0.669. The SMILES string of the molecule is c1ccc(-c2cccc(-n3c4ccccc4c4cc(-c5ccc6c(c5)c5ccccc5n6-c5nc6c7c(ccc(-c8ccccc8)c7n5)Sc5ccccc5-6)ccc43)c2)cc1. The molecule has 1 aliphatic heterocycles. The average molecular weight is 795 g/mol. The third-order valence-corrected chi connectivity index (χ3v) is 13.5. The lowest BCUT2D eigenvalue weighted by Crippen LogP contribution is -2.06. The van der Waals surface area contributed by atoms with E-state index in [0.717, 1.165) is 55.6 Å². The van der Waals surface area contributed by atoms with Gasteiger partial charge in [0, 0.05) is 53.5 Å². The Morgan fingerprint density at radius 1 is 0.344 bits per heavy atom. The number of fused-ring (bicyclic) bond motifs is 8. The van der Waals surface area contributed by atoms with Crippen molar-refractivity contribution in [2.45, 2.75) is 9.79 Å². The van der Waals surface area contributed by atoms with Crippen molar-refractivity contribution < 1.29 is 0 Å². The van der Waals surface area contributed by atoms with Gasteiger partial charge >= 0.3 is 0 Å².